The van der Waals surface area contributed by atoms with E-state index in [0.717, 1.165) is 5.56 Å². The van der Waals surface area contributed by atoms with E-state index in [1.807, 2.05) is 12.1 Å². The second-order valence-corrected chi connectivity index (χ2v) is 5.64. The molecule has 2 aromatic rings. The summed E-state index contributed by atoms with van der Waals surface area (Å²) in [5.41, 5.74) is 1.54. The lowest BCUT2D eigenvalue weighted by Gasteiger charge is -2.13. The zero-order valence-electron chi connectivity index (χ0n) is 13.6. The highest BCUT2D eigenvalue weighted by Crippen LogP contribution is 2.16. The molecule has 1 aromatic heterocycles. The molecule has 1 amide bonds. The molecule has 23 heavy (non-hydrogen) atoms. The van der Waals surface area contributed by atoms with Gasteiger partial charge in [0.2, 0.25) is 0 Å². The van der Waals surface area contributed by atoms with Gasteiger partial charge in [0.1, 0.15) is 5.76 Å². The van der Waals surface area contributed by atoms with Crippen molar-refractivity contribution in [3.05, 3.63) is 47.2 Å². The number of aromatic nitrogens is 1. The first kappa shape index (κ1) is 16.7. The summed E-state index contributed by atoms with van der Waals surface area (Å²) < 4.78 is 10.0. The van der Waals surface area contributed by atoms with Crippen LogP contribution in [0.1, 0.15) is 48.4 Å². The van der Waals surface area contributed by atoms with E-state index in [-0.39, 0.29) is 5.82 Å². The Balaban J connectivity index is 1.94. The maximum atomic E-state index is 12.1. The van der Waals surface area contributed by atoms with Crippen LogP contribution in [-0.4, -0.2) is 23.1 Å². The summed E-state index contributed by atoms with van der Waals surface area (Å²) in [5, 5.41) is 6.18. The van der Waals surface area contributed by atoms with Crippen LogP contribution in [0.25, 0.3) is 0 Å². The average Bonchev–Trinajstić information content (AvgIpc) is 2.92. The van der Waals surface area contributed by atoms with Gasteiger partial charge in [-0.15, -0.1) is 0 Å². The maximum Gasteiger partial charge on any atom is 0.338 e. The highest BCUT2D eigenvalue weighted by molar-refractivity contribution is 5.96. The van der Waals surface area contributed by atoms with Crippen molar-refractivity contribution in [2.24, 2.45) is 0 Å². The Morgan fingerprint density at radius 2 is 1.83 bits per heavy atom. The van der Waals surface area contributed by atoms with Gasteiger partial charge >= 0.3 is 5.97 Å². The molecule has 122 valence electrons. The smallest absolute Gasteiger partial charge is 0.338 e. The number of amides is 1. The summed E-state index contributed by atoms with van der Waals surface area (Å²) in [6.07, 6.45) is -0.940. The van der Waals surface area contributed by atoms with Crippen molar-refractivity contribution in [3.63, 3.8) is 0 Å². The number of hydrogen-bond acceptors (Lipinski definition) is 5. The van der Waals surface area contributed by atoms with Gasteiger partial charge in [0.05, 0.1) is 5.56 Å². The third-order valence-electron chi connectivity index (χ3n) is 3.35. The van der Waals surface area contributed by atoms with E-state index < -0.39 is 18.0 Å². The fraction of sp³-hybridized carbons (Fsp3) is 0.353. The normalized spacial score (nSPS) is 12.0. The minimum atomic E-state index is -0.940. The summed E-state index contributed by atoms with van der Waals surface area (Å²) in [5.74, 6) is 0.243. The number of nitrogens with zero attached hydrogens (tertiary/aromatic N) is 1. The number of benzene rings is 1. The second-order valence-electron chi connectivity index (χ2n) is 5.64. The van der Waals surface area contributed by atoms with E-state index in [0.29, 0.717) is 17.2 Å². The van der Waals surface area contributed by atoms with Crippen LogP contribution in [0.15, 0.2) is 34.9 Å². The molecule has 0 aliphatic carbocycles. The Morgan fingerprint density at radius 3 is 2.35 bits per heavy atom. The standard InChI is InChI=1S/C17H20N2O4/c1-10(2)13-5-7-14(8-6-13)17(21)22-12(4)16(20)18-15-9-11(3)23-19-15/h5-10,12H,1-4H3,(H,18,19,20). The highest BCUT2D eigenvalue weighted by Gasteiger charge is 2.20. The minimum absolute atomic E-state index is 0.289. The largest absolute Gasteiger partial charge is 0.449 e. The van der Waals surface area contributed by atoms with Crippen LogP contribution in [0.5, 0.6) is 0 Å². The van der Waals surface area contributed by atoms with Crippen LogP contribution in [0.4, 0.5) is 5.82 Å². The number of anilines is 1. The molecule has 1 atom stereocenters. The van der Waals surface area contributed by atoms with Gasteiger partial charge in [-0.3, -0.25) is 4.79 Å². The number of nitrogens with one attached hydrogen (secondary N) is 1. The molecule has 0 fully saturated rings. The fourth-order valence-electron chi connectivity index (χ4n) is 1.94. The number of rotatable bonds is 5. The first-order chi connectivity index (χ1) is 10.9. The van der Waals surface area contributed by atoms with E-state index in [9.17, 15) is 9.59 Å². The van der Waals surface area contributed by atoms with E-state index in [1.165, 1.54) is 6.92 Å². The molecule has 1 heterocycles. The summed E-state index contributed by atoms with van der Waals surface area (Å²) in [6.45, 7) is 7.37. The quantitative estimate of drug-likeness (QED) is 0.856. The lowest BCUT2D eigenvalue weighted by atomic mass is 10.0. The molecule has 0 bridgehead atoms. The number of hydrogen-bond donors (Lipinski definition) is 1. The zero-order valence-corrected chi connectivity index (χ0v) is 13.6. The van der Waals surface area contributed by atoms with Gasteiger partial charge in [-0.2, -0.15) is 0 Å². The topological polar surface area (TPSA) is 81.4 Å². The number of carbonyl (C=O) groups excluding carboxylic acids is 2. The lowest BCUT2D eigenvalue weighted by Crippen LogP contribution is -2.30. The molecule has 1 N–H and O–H groups in total. The molecule has 1 unspecified atom stereocenters. The van der Waals surface area contributed by atoms with E-state index in [2.05, 4.69) is 24.3 Å². The Bertz CT molecular complexity index is 689. The molecule has 2 rings (SSSR count). The van der Waals surface area contributed by atoms with Gasteiger partial charge in [0.15, 0.2) is 11.9 Å². The first-order valence-corrected chi connectivity index (χ1v) is 7.42. The van der Waals surface area contributed by atoms with Crippen molar-refractivity contribution >= 4 is 17.7 Å². The predicted octanol–water partition coefficient (Wildman–Crippen LogP) is 3.29. The van der Waals surface area contributed by atoms with E-state index >= 15 is 0 Å². The van der Waals surface area contributed by atoms with Gasteiger partial charge < -0.3 is 14.6 Å². The molecule has 0 aliphatic heterocycles. The summed E-state index contributed by atoms with van der Waals surface area (Å²) in [6, 6.07) is 8.73. The van der Waals surface area contributed by atoms with E-state index in [4.69, 9.17) is 9.26 Å². The SMILES string of the molecule is Cc1cc(NC(=O)C(C)OC(=O)c2ccc(C(C)C)cc2)no1. The van der Waals surface area contributed by atoms with Crippen LogP contribution < -0.4 is 5.32 Å². The minimum Gasteiger partial charge on any atom is -0.449 e. The van der Waals surface area contributed by atoms with Crippen molar-refractivity contribution in [1.29, 1.82) is 0 Å². The first-order valence-electron chi connectivity index (χ1n) is 7.42. The molecule has 0 aliphatic rings. The predicted molar refractivity (Wildman–Crippen MR) is 85.3 cm³/mol. The Labute approximate surface area is 134 Å². The van der Waals surface area contributed by atoms with Crippen LogP contribution in [0.2, 0.25) is 0 Å². The van der Waals surface area contributed by atoms with Crippen molar-refractivity contribution in [2.75, 3.05) is 5.32 Å². The van der Waals surface area contributed by atoms with Gasteiger partial charge in [-0.05, 0) is 37.5 Å². The number of esters is 1. The summed E-state index contributed by atoms with van der Waals surface area (Å²) in [4.78, 5) is 24.0. The van der Waals surface area contributed by atoms with Crippen LogP contribution >= 0.6 is 0 Å². The Hall–Kier alpha value is -2.63. The van der Waals surface area contributed by atoms with Crippen LogP contribution in [0, 0.1) is 6.92 Å². The van der Waals surface area contributed by atoms with Crippen molar-refractivity contribution in [3.8, 4) is 0 Å². The Kier molecular flexibility index (Phi) is 5.16. The van der Waals surface area contributed by atoms with Crippen LogP contribution in [0.3, 0.4) is 0 Å². The van der Waals surface area contributed by atoms with Gasteiger partial charge in [-0.1, -0.05) is 31.1 Å². The highest BCUT2D eigenvalue weighted by atomic mass is 16.5. The molecular weight excluding hydrogens is 296 g/mol. The van der Waals surface area contributed by atoms with Gasteiger partial charge in [0, 0.05) is 6.07 Å². The maximum absolute atomic E-state index is 12.1. The number of carbonyl (C=O) groups is 2. The molecule has 6 heteroatoms. The van der Waals surface area contributed by atoms with Crippen molar-refractivity contribution in [1.82, 2.24) is 5.16 Å². The van der Waals surface area contributed by atoms with Gasteiger partial charge in [0.25, 0.3) is 5.91 Å². The zero-order chi connectivity index (χ0) is 17.0. The third-order valence-corrected chi connectivity index (χ3v) is 3.35. The second kappa shape index (κ2) is 7.09. The van der Waals surface area contributed by atoms with Crippen LogP contribution in [-0.2, 0) is 9.53 Å². The third kappa shape index (κ3) is 4.42. The monoisotopic (exact) mass is 316 g/mol. The van der Waals surface area contributed by atoms with Crippen molar-refractivity contribution in [2.45, 2.75) is 39.7 Å². The number of ether oxygens (including phenoxy) is 1. The average molecular weight is 316 g/mol. The van der Waals surface area contributed by atoms with Crippen molar-refractivity contribution < 1.29 is 18.8 Å². The van der Waals surface area contributed by atoms with Gasteiger partial charge in [-0.25, -0.2) is 4.79 Å². The molecule has 1 aromatic carbocycles. The molecule has 0 saturated carbocycles. The molecule has 0 spiro atoms. The Morgan fingerprint density at radius 1 is 1.17 bits per heavy atom. The number of aryl methyl sites for hydroxylation is 1. The molecular formula is C17H20N2O4. The lowest BCUT2D eigenvalue weighted by molar-refractivity contribution is -0.123. The summed E-state index contributed by atoms with van der Waals surface area (Å²) in [7, 11) is 0. The molecule has 0 radical (unpaired) electrons. The van der Waals surface area contributed by atoms with E-state index in [1.54, 1.807) is 25.1 Å². The fourth-order valence-corrected chi connectivity index (χ4v) is 1.94. The summed E-state index contributed by atoms with van der Waals surface area (Å²) >= 11 is 0. The molecule has 6 nitrogen and oxygen atoms in total. The molecule has 0 saturated heterocycles.